The lowest BCUT2D eigenvalue weighted by Crippen LogP contribution is -2.09. The van der Waals surface area contributed by atoms with E-state index in [9.17, 15) is 4.79 Å². The minimum absolute atomic E-state index is 0.122. The quantitative estimate of drug-likeness (QED) is 0.421. The first kappa shape index (κ1) is 19.2. The third-order valence-electron chi connectivity index (χ3n) is 4.58. The van der Waals surface area contributed by atoms with E-state index >= 15 is 0 Å². The van der Waals surface area contributed by atoms with Crippen LogP contribution in [0.3, 0.4) is 0 Å². The molecule has 2 aromatic carbocycles. The van der Waals surface area contributed by atoms with Crippen LogP contribution in [0.5, 0.6) is 5.75 Å². The number of amides is 1. The Labute approximate surface area is 174 Å². The molecule has 4 aromatic rings. The summed E-state index contributed by atoms with van der Waals surface area (Å²) in [5.74, 6) is 1.58. The summed E-state index contributed by atoms with van der Waals surface area (Å²) in [5, 5.41) is 2.95. The van der Waals surface area contributed by atoms with E-state index in [-0.39, 0.29) is 5.91 Å². The van der Waals surface area contributed by atoms with Crippen LogP contribution in [0.25, 0.3) is 21.7 Å². The number of fused-ring (bicyclic) bond motifs is 1. The van der Waals surface area contributed by atoms with E-state index in [1.165, 1.54) is 11.3 Å². The summed E-state index contributed by atoms with van der Waals surface area (Å²) in [4.78, 5) is 19.2. The van der Waals surface area contributed by atoms with Crippen molar-refractivity contribution in [3.8, 4) is 16.5 Å². The molecular weight excluding hydrogens is 382 g/mol. The molecule has 6 heteroatoms. The second-order valence-electron chi connectivity index (χ2n) is 6.65. The lowest BCUT2D eigenvalue weighted by Gasteiger charge is -2.06. The van der Waals surface area contributed by atoms with Crippen molar-refractivity contribution in [2.24, 2.45) is 0 Å². The van der Waals surface area contributed by atoms with Gasteiger partial charge >= 0.3 is 0 Å². The maximum atomic E-state index is 12.7. The van der Waals surface area contributed by atoms with Crippen LogP contribution in [0.2, 0.25) is 0 Å². The number of rotatable bonds is 7. The van der Waals surface area contributed by atoms with Gasteiger partial charge in [-0.2, -0.15) is 0 Å². The summed E-state index contributed by atoms with van der Waals surface area (Å²) in [6.45, 7) is 5.61. The highest BCUT2D eigenvalue weighted by atomic mass is 32.1. The van der Waals surface area contributed by atoms with Crippen molar-refractivity contribution in [3.63, 3.8) is 0 Å². The number of thiophene rings is 1. The van der Waals surface area contributed by atoms with Gasteiger partial charge in [-0.3, -0.25) is 4.79 Å². The van der Waals surface area contributed by atoms with Gasteiger partial charge in [-0.25, -0.2) is 4.98 Å². The Morgan fingerprint density at radius 3 is 2.62 bits per heavy atom. The summed E-state index contributed by atoms with van der Waals surface area (Å²) in [6, 6.07) is 19.4. The molecule has 0 fully saturated rings. The Balaban J connectivity index is 1.57. The highest BCUT2D eigenvalue weighted by Gasteiger charge is 2.16. The van der Waals surface area contributed by atoms with Crippen molar-refractivity contribution >= 4 is 34.0 Å². The van der Waals surface area contributed by atoms with Crippen LogP contribution in [0.15, 0.2) is 60.7 Å². The Morgan fingerprint density at radius 1 is 1.07 bits per heavy atom. The van der Waals surface area contributed by atoms with Gasteiger partial charge in [0.1, 0.15) is 5.75 Å². The summed E-state index contributed by atoms with van der Waals surface area (Å²) in [6.07, 6.45) is 1.02. The summed E-state index contributed by atoms with van der Waals surface area (Å²) >= 11 is 1.46. The summed E-state index contributed by atoms with van der Waals surface area (Å²) in [7, 11) is 0. The first-order valence-corrected chi connectivity index (χ1v) is 10.6. The molecule has 0 saturated heterocycles. The Hall–Kier alpha value is -3.12. The second kappa shape index (κ2) is 8.49. The molecule has 2 aromatic heterocycles. The average molecular weight is 406 g/mol. The number of hydrogen-bond donors (Lipinski definition) is 1. The normalized spacial score (nSPS) is 11.0. The van der Waals surface area contributed by atoms with Crippen molar-refractivity contribution in [3.05, 3.63) is 65.5 Å². The zero-order chi connectivity index (χ0) is 20.2. The van der Waals surface area contributed by atoms with Crippen molar-refractivity contribution in [1.82, 2.24) is 9.55 Å². The minimum atomic E-state index is -0.122. The summed E-state index contributed by atoms with van der Waals surface area (Å²) in [5.41, 5.74) is 2.84. The lowest BCUT2D eigenvalue weighted by atomic mass is 10.3. The monoisotopic (exact) mass is 405 g/mol. The summed E-state index contributed by atoms with van der Waals surface area (Å²) < 4.78 is 7.67. The minimum Gasteiger partial charge on any atom is -0.494 e. The SMILES string of the molecule is CCCn1c(-c2ccc(C(=O)Nc3ccc(OCC)cc3)s2)nc2ccccc21. The zero-order valence-corrected chi connectivity index (χ0v) is 17.3. The molecule has 0 aliphatic carbocycles. The largest absolute Gasteiger partial charge is 0.494 e. The molecule has 5 nitrogen and oxygen atoms in total. The molecule has 1 amide bonds. The third kappa shape index (κ3) is 4.03. The molecule has 2 heterocycles. The van der Waals surface area contributed by atoms with Gasteiger partial charge in [-0.15, -0.1) is 11.3 Å². The second-order valence-corrected chi connectivity index (χ2v) is 7.73. The molecule has 0 unspecified atom stereocenters. The van der Waals surface area contributed by atoms with Crippen LogP contribution < -0.4 is 10.1 Å². The van der Waals surface area contributed by atoms with Crippen molar-refractivity contribution in [1.29, 1.82) is 0 Å². The number of benzene rings is 2. The first-order chi connectivity index (χ1) is 14.2. The molecule has 0 aliphatic rings. The Kier molecular flexibility index (Phi) is 5.62. The smallest absolute Gasteiger partial charge is 0.265 e. The number of ether oxygens (including phenoxy) is 1. The van der Waals surface area contributed by atoms with Crippen LogP contribution in [0.1, 0.15) is 29.9 Å². The van der Waals surface area contributed by atoms with Crippen molar-refractivity contribution in [2.75, 3.05) is 11.9 Å². The number of hydrogen-bond acceptors (Lipinski definition) is 4. The predicted octanol–water partition coefficient (Wildman–Crippen LogP) is 5.83. The number of aromatic nitrogens is 2. The van der Waals surface area contributed by atoms with E-state index in [2.05, 4.69) is 22.9 Å². The Morgan fingerprint density at radius 2 is 1.86 bits per heavy atom. The van der Waals surface area contributed by atoms with Gasteiger partial charge in [0.05, 0.1) is 27.4 Å². The van der Waals surface area contributed by atoms with Crippen LogP contribution >= 0.6 is 11.3 Å². The van der Waals surface area contributed by atoms with E-state index in [1.807, 2.05) is 61.5 Å². The molecule has 0 spiro atoms. The number of carbonyl (C=O) groups excluding carboxylic acids is 1. The number of para-hydroxylation sites is 2. The molecule has 1 N–H and O–H groups in total. The van der Waals surface area contributed by atoms with E-state index in [1.54, 1.807) is 0 Å². The van der Waals surface area contributed by atoms with Gasteiger partial charge in [0.25, 0.3) is 5.91 Å². The lowest BCUT2D eigenvalue weighted by molar-refractivity contribution is 0.103. The van der Waals surface area contributed by atoms with Gasteiger partial charge in [-0.05, 0) is 61.9 Å². The van der Waals surface area contributed by atoms with Gasteiger partial charge in [0.2, 0.25) is 0 Å². The molecule has 0 radical (unpaired) electrons. The molecule has 148 valence electrons. The third-order valence-corrected chi connectivity index (χ3v) is 5.66. The average Bonchev–Trinajstić information content (AvgIpc) is 3.35. The maximum Gasteiger partial charge on any atom is 0.265 e. The highest BCUT2D eigenvalue weighted by Crippen LogP contribution is 2.31. The number of nitrogens with zero attached hydrogens (tertiary/aromatic N) is 2. The molecule has 0 aliphatic heterocycles. The number of carbonyl (C=O) groups is 1. The maximum absolute atomic E-state index is 12.7. The van der Waals surface area contributed by atoms with Gasteiger partial charge in [0, 0.05) is 12.2 Å². The van der Waals surface area contributed by atoms with Crippen molar-refractivity contribution in [2.45, 2.75) is 26.8 Å². The number of aryl methyl sites for hydroxylation is 1. The van der Waals surface area contributed by atoms with E-state index in [4.69, 9.17) is 9.72 Å². The van der Waals surface area contributed by atoms with Crippen LogP contribution in [0.4, 0.5) is 5.69 Å². The molecule has 0 atom stereocenters. The van der Waals surface area contributed by atoms with Gasteiger partial charge in [0.15, 0.2) is 5.82 Å². The highest BCUT2D eigenvalue weighted by molar-refractivity contribution is 7.17. The standard InChI is InChI=1S/C23H23N3O2S/c1-3-15-26-19-8-6-5-7-18(19)25-22(26)20-13-14-21(29-20)23(27)24-16-9-11-17(12-10-16)28-4-2/h5-14H,3-4,15H2,1-2H3,(H,24,27). The van der Waals surface area contributed by atoms with E-state index < -0.39 is 0 Å². The topological polar surface area (TPSA) is 56.2 Å². The first-order valence-electron chi connectivity index (χ1n) is 9.79. The van der Waals surface area contributed by atoms with Crippen molar-refractivity contribution < 1.29 is 9.53 Å². The molecule has 29 heavy (non-hydrogen) atoms. The number of anilines is 1. The molecule has 0 bridgehead atoms. The molecule has 0 saturated carbocycles. The van der Waals surface area contributed by atoms with E-state index in [0.29, 0.717) is 11.5 Å². The fourth-order valence-corrected chi connectivity index (χ4v) is 4.19. The number of nitrogens with one attached hydrogen (secondary N) is 1. The number of imidazole rings is 1. The molecular formula is C23H23N3O2S. The Bertz CT molecular complexity index is 1130. The van der Waals surface area contributed by atoms with Crippen LogP contribution in [0, 0.1) is 0 Å². The zero-order valence-electron chi connectivity index (χ0n) is 16.5. The van der Waals surface area contributed by atoms with E-state index in [0.717, 1.165) is 46.1 Å². The van der Waals surface area contributed by atoms with Crippen LogP contribution in [-0.2, 0) is 6.54 Å². The van der Waals surface area contributed by atoms with Gasteiger partial charge < -0.3 is 14.6 Å². The van der Waals surface area contributed by atoms with Gasteiger partial charge in [-0.1, -0.05) is 19.1 Å². The fourth-order valence-electron chi connectivity index (χ4n) is 3.29. The fraction of sp³-hybridized carbons (Fsp3) is 0.217. The predicted molar refractivity (Wildman–Crippen MR) is 119 cm³/mol. The van der Waals surface area contributed by atoms with Crippen LogP contribution in [-0.4, -0.2) is 22.1 Å². The molecule has 4 rings (SSSR count).